The molecule has 3 heteroatoms. The Morgan fingerprint density at radius 1 is 1.00 bits per heavy atom. The second kappa shape index (κ2) is 3.72. The number of fused-ring (bicyclic) bond motifs is 2. The van der Waals surface area contributed by atoms with E-state index < -0.39 is 0 Å². The van der Waals surface area contributed by atoms with E-state index >= 15 is 0 Å². The van der Waals surface area contributed by atoms with Crippen molar-refractivity contribution in [3.05, 3.63) is 60.6 Å². The number of H-pyrrole nitrogens is 1. The molecule has 0 spiro atoms. The highest BCUT2D eigenvalue weighted by molar-refractivity contribution is 5.92. The Labute approximate surface area is 110 Å². The van der Waals surface area contributed by atoms with E-state index in [0.717, 1.165) is 22.2 Å². The standard InChI is InChI=1S/C16H13N3/c1-11-16(12-6-2-3-7-13(12)18-11)19-10-17-14-8-4-5-9-15(14)19/h2-10,18H,1H3. The number of nitrogens with zero attached hydrogens (tertiary/aromatic N) is 2. The van der Waals surface area contributed by atoms with Crippen molar-refractivity contribution in [2.45, 2.75) is 6.92 Å². The highest BCUT2D eigenvalue weighted by Crippen LogP contribution is 2.28. The molecule has 92 valence electrons. The van der Waals surface area contributed by atoms with Crippen LogP contribution in [0.4, 0.5) is 0 Å². The van der Waals surface area contributed by atoms with E-state index in [9.17, 15) is 0 Å². The molecule has 2 aromatic heterocycles. The number of para-hydroxylation sites is 3. The minimum Gasteiger partial charge on any atom is -0.357 e. The summed E-state index contributed by atoms with van der Waals surface area (Å²) in [6, 6.07) is 16.6. The SMILES string of the molecule is Cc1[nH]c2ccccc2c1-n1cnc2ccccc21. The van der Waals surface area contributed by atoms with Gasteiger partial charge in [0.15, 0.2) is 0 Å². The fourth-order valence-corrected chi connectivity index (χ4v) is 2.71. The molecule has 2 heterocycles. The maximum Gasteiger partial charge on any atom is 0.100 e. The molecule has 1 N–H and O–H groups in total. The first-order chi connectivity index (χ1) is 9.34. The fourth-order valence-electron chi connectivity index (χ4n) is 2.71. The summed E-state index contributed by atoms with van der Waals surface area (Å²) >= 11 is 0. The Kier molecular flexibility index (Phi) is 2.03. The van der Waals surface area contributed by atoms with Crippen LogP contribution < -0.4 is 0 Å². The molecule has 0 atom stereocenters. The van der Waals surface area contributed by atoms with Crippen LogP contribution in [-0.4, -0.2) is 14.5 Å². The summed E-state index contributed by atoms with van der Waals surface area (Å²) < 4.78 is 2.16. The quantitative estimate of drug-likeness (QED) is 0.545. The fraction of sp³-hybridized carbons (Fsp3) is 0.0625. The summed E-state index contributed by atoms with van der Waals surface area (Å²) in [5.74, 6) is 0. The van der Waals surface area contributed by atoms with Crippen molar-refractivity contribution in [2.24, 2.45) is 0 Å². The molecule has 0 saturated carbocycles. The largest absolute Gasteiger partial charge is 0.357 e. The summed E-state index contributed by atoms with van der Waals surface area (Å²) in [4.78, 5) is 7.90. The van der Waals surface area contributed by atoms with Crippen molar-refractivity contribution >= 4 is 21.9 Å². The Morgan fingerprint density at radius 3 is 2.74 bits per heavy atom. The molecule has 2 aromatic carbocycles. The first-order valence-corrected chi connectivity index (χ1v) is 6.34. The lowest BCUT2D eigenvalue weighted by atomic mass is 10.2. The van der Waals surface area contributed by atoms with Crippen molar-refractivity contribution in [1.82, 2.24) is 14.5 Å². The number of hydrogen-bond donors (Lipinski definition) is 1. The van der Waals surface area contributed by atoms with E-state index in [-0.39, 0.29) is 0 Å². The molecule has 0 aliphatic carbocycles. The van der Waals surface area contributed by atoms with E-state index in [4.69, 9.17) is 0 Å². The van der Waals surface area contributed by atoms with Gasteiger partial charge < -0.3 is 4.98 Å². The molecule has 0 amide bonds. The molecule has 0 aliphatic rings. The normalized spacial score (nSPS) is 11.4. The van der Waals surface area contributed by atoms with Crippen molar-refractivity contribution < 1.29 is 0 Å². The average Bonchev–Trinajstić information content (AvgIpc) is 2.98. The molecule has 3 nitrogen and oxygen atoms in total. The first-order valence-electron chi connectivity index (χ1n) is 6.34. The van der Waals surface area contributed by atoms with Gasteiger partial charge in [-0.25, -0.2) is 4.98 Å². The second-order valence-electron chi connectivity index (χ2n) is 4.75. The van der Waals surface area contributed by atoms with Crippen LogP contribution in [-0.2, 0) is 0 Å². The third kappa shape index (κ3) is 1.41. The molecular weight excluding hydrogens is 234 g/mol. The molecule has 0 aliphatic heterocycles. The number of imidazole rings is 1. The van der Waals surface area contributed by atoms with E-state index in [1.165, 1.54) is 11.1 Å². The molecular formula is C16H13N3. The van der Waals surface area contributed by atoms with Gasteiger partial charge >= 0.3 is 0 Å². The third-order valence-electron chi connectivity index (χ3n) is 3.55. The Morgan fingerprint density at radius 2 is 1.79 bits per heavy atom. The number of aryl methyl sites for hydroxylation is 1. The summed E-state index contributed by atoms with van der Waals surface area (Å²) in [5, 5.41) is 1.23. The van der Waals surface area contributed by atoms with Gasteiger partial charge in [-0.05, 0) is 25.1 Å². The van der Waals surface area contributed by atoms with Crippen LogP contribution >= 0.6 is 0 Å². The van der Waals surface area contributed by atoms with Gasteiger partial charge in [-0.15, -0.1) is 0 Å². The van der Waals surface area contributed by atoms with Gasteiger partial charge in [-0.1, -0.05) is 30.3 Å². The van der Waals surface area contributed by atoms with Crippen LogP contribution in [0.2, 0.25) is 0 Å². The maximum absolute atomic E-state index is 4.47. The summed E-state index contributed by atoms with van der Waals surface area (Å²) in [6.07, 6.45) is 1.90. The Bertz CT molecular complexity index is 883. The smallest absolute Gasteiger partial charge is 0.100 e. The van der Waals surface area contributed by atoms with E-state index in [2.05, 4.69) is 45.7 Å². The lowest BCUT2D eigenvalue weighted by molar-refractivity contribution is 1.07. The van der Waals surface area contributed by atoms with E-state index in [0.29, 0.717) is 0 Å². The number of rotatable bonds is 1. The summed E-state index contributed by atoms with van der Waals surface area (Å²) in [6.45, 7) is 2.10. The van der Waals surface area contributed by atoms with Gasteiger partial charge in [0, 0.05) is 16.6 Å². The van der Waals surface area contributed by atoms with E-state index in [1.807, 2.05) is 30.6 Å². The van der Waals surface area contributed by atoms with E-state index in [1.54, 1.807) is 0 Å². The minimum absolute atomic E-state index is 1.02. The van der Waals surface area contributed by atoms with Crippen LogP contribution in [0.5, 0.6) is 0 Å². The molecule has 0 radical (unpaired) electrons. The molecule has 0 unspecified atom stereocenters. The van der Waals surface area contributed by atoms with Crippen molar-refractivity contribution in [2.75, 3.05) is 0 Å². The number of benzene rings is 2. The molecule has 19 heavy (non-hydrogen) atoms. The molecule has 0 saturated heterocycles. The molecule has 4 aromatic rings. The predicted octanol–water partition coefficient (Wildman–Crippen LogP) is 3.82. The highest BCUT2D eigenvalue weighted by Gasteiger charge is 2.12. The van der Waals surface area contributed by atoms with Crippen LogP contribution in [0.15, 0.2) is 54.9 Å². The van der Waals surface area contributed by atoms with Crippen LogP contribution in [0, 0.1) is 6.92 Å². The van der Waals surface area contributed by atoms with Crippen molar-refractivity contribution in [3.63, 3.8) is 0 Å². The summed E-state index contributed by atoms with van der Waals surface area (Å²) in [7, 11) is 0. The number of aromatic amines is 1. The average molecular weight is 247 g/mol. The lowest BCUT2D eigenvalue weighted by Gasteiger charge is -2.04. The predicted molar refractivity (Wildman–Crippen MR) is 77.7 cm³/mol. The lowest BCUT2D eigenvalue weighted by Crippen LogP contribution is -1.92. The number of hydrogen-bond acceptors (Lipinski definition) is 1. The Hall–Kier alpha value is -2.55. The topological polar surface area (TPSA) is 33.6 Å². The van der Waals surface area contributed by atoms with Gasteiger partial charge in [0.1, 0.15) is 6.33 Å². The molecule has 0 bridgehead atoms. The van der Waals surface area contributed by atoms with Crippen molar-refractivity contribution in [3.8, 4) is 5.69 Å². The zero-order chi connectivity index (χ0) is 12.8. The zero-order valence-corrected chi connectivity index (χ0v) is 10.6. The Balaban J connectivity index is 2.12. The van der Waals surface area contributed by atoms with Gasteiger partial charge in [0.25, 0.3) is 0 Å². The number of nitrogens with one attached hydrogen (secondary N) is 1. The van der Waals surface area contributed by atoms with Gasteiger partial charge in [0.2, 0.25) is 0 Å². The zero-order valence-electron chi connectivity index (χ0n) is 10.6. The molecule has 0 fully saturated rings. The van der Waals surface area contributed by atoms with Gasteiger partial charge in [0.05, 0.1) is 16.7 Å². The number of aromatic nitrogens is 3. The van der Waals surface area contributed by atoms with Crippen LogP contribution in [0.3, 0.4) is 0 Å². The van der Waals surface area contributed by atoms with Gasteiger partial charge in [-0.2, -0.15) is 0 Å². The third-order valence-corrected chi connectivity index (χ3v) is 3.55. The van der Waals surface area contributed by atoms with Crippen molar-refractivity contribution in [1.29, 1.82) is 0 Å². The van der Waals surface area contributed by atoms with Crippen LogP contribution in [0.1, 0.15) is 5.69 Å². The van der Waals surface area contributed by atoms with Crippen LogP contribution in [0.25, 0.3) is 27.6 Å². The highest BCUT2D eigenvalue weighted by atomic mass is 15.1. The first kappa shape index (κ1) is 10.4. The maximum atomic E-state index is 4.47. The summed E-state index contributed by atoms with van der Waals surface area (Å²) in [5.41, 5.74) is 5.66. The monoisotopic (exact) mass is 247 g/mol. The molecule has 4 rings (SSSR count). The second-order valence-corrected chi connectivity index (χ2v) is 4.75. The van der Waals surface area contributed by atoms with Gasteiger partial charge in [-0.3, -0.25) is 4.57 Å². The minimum atomic E-state index is 1.02.